The van der Waals surface area contributed by atoms with Crippen molar-refractivity contribution >= 4 is 55.5 Å². The first kappa shape index (κ1) is 36.0. The molecule has 0 unspecified atom stereocenters. The fourth-order valence-electron chi connectivity index (χ4n) is 5.82. The van der Waals surface area contributed by atoms with Gasteiger partial charge in [0.2, 0.25) is 10.0 Å². The minimum Gasteiger partial charge on any atom is -0.497 e. The van der Waals surface area contributed by atoms with E-state index in [9.17, 15) is 31.9 Å². The molecule has 18 heteroatoms. The van der Waals surface area contributed by atoms with Gasteiger partial charge in [-0.15, -0.1) is 0 Å². The molecule has 0 saturated heterocycles. The van der Waals surface area contributed by atoms with Gasteiger partial charge in [-0.25, -0.2) is 32.0 Å². The molecule has 0 aliphatic heterocycles. The number of ether oxygens (including phenoxy) is 2. The number of sulfonamides is 1. The molecule has 270 valence electrons. The lowest BCUT2D eigenvalue weighted by Crippen LogP contribution is -2.35. The number of methoxy groups -OCH3 is 2. The van der Waals surface area contributed by atoms with Crippen LogP contribution in [0.1, 0.15) is 23.0 Å². The fraction of sp³-hybridized carbons (Fsp3) is 0.206. The van der Waals surface area contributed by atoms with Crippen molar-refractivity contribution in [1.82, 2.24) is 29.6 Å². The summed E-state index contributed by atoms with van der Waals surface area (Å²) in [6, 6.07) is 12.6. The highest BCUT2D eigenvalue weighted by Gasteiger charge is 2.28. The number of anilines is 1. The molecular formula is C34H30ClF2N7O7S. The lowest BCUT2D eigenvalue weighted by Gasteiger charge is -2.22. The van der Waals surface area contributed by atoms with Crippen LogP contribution in [0.15, 0.2) is 71.7 Å². The van der Waals surface area contributed by atoms with Gasteiger partial charge in [-0.05, 0) is 53.9 Å². The predicted octanol–water partition coefficient (Wildman–Crippen LogP) is 5.15. The molecule has 6 aromatic rings. The zero-order valence-corrected chi connectivity index (χ0v) is 29.3. The Bertz CT molecular complexity index is 2490. The molecule has 6 rings (SSSR count). The van der Waals surface area contributed by atoms with Crippen molar-refractivity contribution in [2.75, 3.05) is 24.7 Å². The smallest absolute Gasteiger partial charge is 0.405 e. The van der Waals surface area contributed by atoms with Crippen LogP contribution in [0, 0.1) is 11.6 Å². The normalized spacial score (nSPS) is 12.2. The van der Waals surface area contributed by atoms with Crippen LogP contribution in [0.3, 0.4) is 0 Å². The first-order valence-corrected chi connectivity index (χ1v) is 17.5. The molecule has 3 aromatic carbocycles. The number of halogens is 3. The fourth-order valence-corrected chi connectivity index (χ4v) is 7.11. The summed E-state index contributed by atoms with van der Waals surface area (Å²) >= 11 is 6.65. The van der Waals surface area contributed by atoms with Gasteiger partial charge in [0.1, 0.15) is 34.5 Å². The number of hydrogen-bond donors (Lipinski definition) is 3. The third-order valence-electron chi connectivity index (χ3n) is 8.15. The summed E-state index contributed by atoms with van der Waals surface area (Å²) < 4.78 is 70.4. The monoisotopic (exact) mass is 753 g/mol. The number of fused-ring (bicyclic) bond motifs is 2. The number of nitrogens with one attached hydrogen (secondary N) is 2. The van der Waals surface area contributed by atoms with E-state index in [0.29, 0.717) is 11.8 Å². The lowest BCUT2D eigenvalue weighted by molar-refractivity contribution is 0.189. The number of rotatable bonds is 12. The van der Waals surface area contributed by atoms with Crippen molar-refractivity contribution in [3.8, 4) is 17.2 Å². The second-order valence-corrected chi connectivity index (χ2v) is 13.9. The van der Waals surface area contributed by atoms with E-state index in [4.69, 9.17) is 21.1 Å². The Morgan fingerprint density at radius 2 is 1.69 bits per heavy atom. The van der Waals surface area contributed by atoms with Crippen molar-refractivity contribution in [2.45, 2.75) is 18.9 Å². The van der Waals surface area contributed by atoms with Crippen molar-refractivity contribution in [3.05, 3.63) is 111 Å². The molecule has 0 bridgehead atoms. The molecular weight excluding hydrogens is 724 g/mol. The standard InChI is InChI=1S/C34H30ClF2N7O7S/c1-43-30-27(9-8-24(35)28(30)31(41-43)42-52(48,49)11-10-18-4-6-22(50-2)7-5-18)44-32(39-25-16-23(51-3)17-38-29(25)33(44)45)26(40-34(46)47)14-19-12-20(36)15-21(37)13-19/h4-9,12-13,15-17,26,40H,10-11,14H2,1-3H3,(H,41,42)(H,46,47)/t26-/m0/s1. The number of carboxylic acid groups (broad SMARTS) is 1. The number of pyridine rings is 1. The van der Waals surface area contributed by atoms with E-state index in [0.717, 1.165) is 22.3 Å². The van der Waals surface area contributed by atoms with Gasteiger partial charge < -0.3 is 19.9 Å². The maximum atomic E-state index is 14.4. The van der Waals surface area contributed by atoms with E-state index in [1.165, 1.54) is 50.3 Å². The van der Waals surface area contributed by atoms with Crippen molar-refractivity contribution in [2.24, 2.45) is 7.05 Å². The average Bonchev–Trinajstić information content (AvgIpc) is 3.42. The number of aromatic nitrogens is 5. The van der Waals surface area contributed by atoms with E-state index in [1.54, 1.807) is 24.3 Å². The molecule has 0 spiro atoms. The van der Waals surface area contributed by atoms with Gasteiger partial charge >= 0.3 is 6.09 Å². The number of amides is 1. The van der Waals surface area contributed by atoms with Gasteiger partial charge in [0.05, 0.1) is 53.8 Å². The van der Waals surface area contributed by atoms with Crippen LogP contribution in [-0.4, -0.2) is 63.9 Å². The highest BCUT2D eigenvalue weighted by atomic mass is 35.5. The zero-order chi connectivity index (χ0) is 37.3. The summed E-state index contributed by atoms with van der Waals surface area (Å²) in [4.78, 5) is 35.4. The van der Waals surface area contributed by atoms with Crippen LogP contribution in [0.4, 0.5) is 19.4 Å². The summed E-state index contributed by atoms with van der Waals surface area (Å²) in [6.45, 7) is 0. The van der Waals surface area contributed by atoms with Crippen LogP contribution >= 0.6 is 11.6 Å². The van der Waals surface area contributed by atoms with Crippen molar-refractivity contribution in [3.63, 3.8) is 0 Å². The summed E-state index contributed by atoms with van der Waals surface area (Å²) in [6.07, 6.45) is -0.370. The van der Waals surface area contributed by atoms with E-state index >= 15 is 0 Å². The number of nitrogens with zero attached hydrogens (tertiary/aromatic N) is 5. The van der Waals surface area contributed by atoms with Crippen LogP contribution < -0.4 is 25.1 Å². The molecule has 1 amide bonds. The largest absolute Gasteiger partial charge is 0.497 e. The molecule has 0 aliphatic rings. The molecule has 0 fully saturated rings. The molecule has 0 saturated carbocycles. The second-order valence-electron chi connectivity index (χ2n) is 11.6. The topological polar surface area (TPSA) is 180 Å². The molecule has 14 nitrogen and oxygen atoms in total. The van der Waals surface area contributed by atoms with Gasteiger partial charge in [0.15, 0.2) is 11.3 Å². The Balaban J connectivity index is 1.51. The molecule has 0 radical (unpaired) electrons. The Labute approximate surface area is 299 Å². The van der Waals surface area contributed by atoms with Gasteiger partial charge in [0.25, 0.3) is 5.56 Å². The average molecular weight is 754 g/mol. The quantitative estimate of drug-likeness (QED) is 0.151. The molecule has 1 atom stereocenters. The van der Waals surface area contributed by atoms with Crippen LogP contribution in [-0.2, 0) is 29.9 Å². The summed E-state index contributed by atoms with van der Waals surface area (Å²) in [7, 11) is 0.418. The van der Waals surface area contributed by atoms with Crippen LogP contribution in [0.5, 0.6) is 11.5 Å². The van der Waals surface area contributed by atoms with Crippen LogP contribution in [0.2, 0.25) is 5.02 Å². The van der Waals surface area contributed by atoms with E-state index in [-0.39, 0.29) is 74.2 Å². The number of benzene rings is 3. The van der Waals surface area contributed by atoms with Gasteiger partial charge in [-0.1, -0.05) is 23.7 Å². The van der Waals surface area contributed by atoms with Gasteiger partial charge in [0, 0.05) is 25.6 Å². The first-order chi connectivity index (χ1) is 24.8. The molecule has 52 heavy (non-hydrogen) atoms. The minimum absolute atomic E-state index is 0.0405. The SMILES string of the molecule is COc1ccc(CCS(=O)(=O)Nc2nn(C)c3c(-n4c([C@H](Cc5cc(F)cc(F)c5)NC(=O)O)nc5cc(OC)cnc5c4=O)ccc(Cl)c23)cc1. The highest BCUT2D eigenvalue weighted by Crippen LogP contribution is 2.36. The third kappa shape index (κ3) is 7.45. The Hall–Kier alpha value is -5.81. The summed E-state index contributed by atoms with van der Waals surface area (Å²) in [5, 5.41) is 16.8. The number of carbonyl (C=O) groups is 1. The Kier molecular flexibility index (Phi) is 9.99. The molecule has 3 N–H and O–H groups in total. The van der Waals surface area contributed by atoms with Crippen molar-refractivity contribution in [1.29, 1.82) is 0 Å². The summed E-state index contributed by atoms with van der Waals surface area (Å²) in [5.41, 5.74) is 0.228. The third-order valence-corrected chi connectivity index (χ3v) is 9.71. The molecule has 3 aromatic heterocycles. The predicted molar refractivity (Wildman–Crippen MR) is 189 cm³/mol. The molecule has 3 heterocycles. The van der Waals surface area contributed by atoms with E-state index in [2.05, 4.69) is 25.1 Å². The maximum absolute atomic E-state index is 14.4. The highest BCUT2D eigenvalue weighted by molar-refractivity contribution is 7.92. The maximum Gasteiger partial charge on any atom is 0.405 e. The van der Waals surface area contributed by atoms with Gasteiger partial charge in [-0.2, -0.15) is 5.10 Å². The summed E-state index contributed by atoms with van der Waals surface area (Å²) in [5.74, 6) is -1.52. The lowest BCUT2D eigenvalue weighted by atomic mass is 10.0. The van der Waals surface area contributed by atoms with E-state index in [1.807, 2.05) is 0 Å². The Morgan fingerprint density at radius 1 is 1.00 bits per heavy atom. The number of hydrogen-bond acceptors (Lipinski definition) is 9. The Morgan fingerprint density at radius 3 is 2.35 bits per heavy atom. The van der Waals surface area contributed by atoms with Gasteiger partial charge in [-0.3, -0.25) is 18.8 Å². The molecule has 0 aliphatic carbocycles. The minimum atomic E-state index is -4.00. The second kappa shape index (κ2) is 14.4. The first-order valence-electron chi connectivity index (χ1n) is 15.5. The number of aryl methyl sites for hydroxylation is 2. The van der Waals surface area contributed by atoms with E-state index < -0.39 is 39.4 Å². The van der Waals surface area contributed by atoms with Crippen LogP contribution in [0.25, 0.3) is 27.6 Å². The van der Waals surface area contributed by atoms with Crippen molar-refractivity contribution < 1.29 is 36.6 Å². The zero-order valence-electron chi connectivity index (χ0n) is 27.7.